The molecule has 3 rings (SSSR count). The highest BCUT2D eigenvalue weighted by atomic mass is 32.2. The fourth-order valence-electron chi connectivity index (χ4n) is 2.26. The highest BCUT2D eigenvalue weighted by molar-refractivity contribution is 8.14. The van der Waals surface area contributed by atoms with Gasteiger partial charge in [0.25, 0.3) is 0 Å². The molecule has 0 N–H and O–H groups in total. The molecule has 1 aromatic heterocycles. The summed E-state index contributed by atoms with van der Waals surface area (Å²) < 4.78 is 6.85. The first-order chi connectivity index (χ1) is 9.20. The molecule has 0 amide bonds. The van der Waals surface area contributed by atoms with Gasteiger partial charge in [0, 0.05) is 23.7 Å². The van der Waals surface area contributed by atoms with Gasteiger partial charge in [0.2, 0.25) is 0 Å². The Kier molecular flexibility index (Phi) is 3.06. The molecule has 1 atom stereocenters. The van der Waals surface area contributed by atoms with Crippen LogP contribution in [0, 0.1) is 0 Å². The first-order valence-corrected chi connectivity index (χ1v) is 7.02. The number of methoxy groups -OCH3 is 1. The van der Waals surface area contributed by atoms with Crippen LogP contribution in [0.2, 0.25) is 0 Å². The molecular formula is C14H14N2O2S. The number of benzene rings is 1. The van der Waals surface area contributed by atoms with Crippen LogP contribution in [0.3, 0.4) is 0 Å². The molecule has 5 heteroatoms. The number of nitrogens with zero attached hydrogens (tertiary/aromatic N) is 2. The van der Waals surface area contributed by atoms with Crippen molar-refractivity contribution in [2.24, 2.45) is 12.0 Å². The number of carbonyl (C=O) groups is 1. The number of thioether (sulfide) groups is 1. The van der Waals surface area contributed by atoms with Gasteiger partial charge < -0.3 is 9.30 Å². The largest absolute Gasteiger partial charge is 0.467 e. The van der Waals surface area contributed by atoms with Gasteiger partial charge in [-0.15, -0.1) is 11.8 Å². The highest BCUT2D eigenvalue weighted by Crippen LogP contribution is 2.27. The van der Waals surface area contributed by atoms with Crippen LogP contribution in [0.4, 0.5) is 0 Å². The maximum atomic E-state index is 11.5. The topological polar surface area (TPSA) is 43.6 Å². The van der Waals surface area contributed by atoms with Gasteiger partial charge in [0.05, 0.1) is 12.8 Å². The minimum absolute atomic E-state index is 0.263. The van der Waals surface area contributed by atoms with E-state index >= 15 is 0 Å². The quantitative estimate of drug-likeness (QED) is 0.789. The predicted octanol–water partition coefficient (Wildman–Crippen LogP) is 2.21. The maximum absolute atomic E-state index is 11.5. The Hall–Kier alpha value is -1.75. The van der Waals surface area contributed by atoms with E-state index in [9.17, 15) is 4.79 Å². The summed E-state index contributed by atoms with van der Waals surface area (Å²) in [7, 11) is 3.42. The molecule has 0 aliphatic carbocycles. The second-order valence-electron chi connectivity index (χ2n) is 4.43. The third-order valence-corrected chi connectivity index (χ3v) is 4.37. The number of carbonyl (C=O) groups excluding carboxylic acids is 1. The lowest BCUT2D eigenvalue weighted by atomic mass is 10.2. The van der Waals surface area contributed by atoms with E-state index in [1.165, 1.54) is 18.0 Å². The van der Waals surface area contributed by atoms with E-state index in [1.54, 1.807) is 11.8 Å². The van der Waals surface area contributed by atoms with Gasteiger partial charge >= 0.3 is 5.97 Å². The van der Waals surface area contributed by atoms with Crippen molar-refractivity contribution in [1.82, 2.24) is 4.57 Å². The van der Waals surface area contributed by atoms with Gasteiger partial charge in [-0.05, 0) is 12.1 Å². The Morgan fingerprint density at radius 1 is 1.47 bits per heavy atom. The standard InChI is InChI=1S/C14H14N2O2S/c1-16-11-6-4-3-5-9(11)7-12(16)13-15-10(8-19-13)14(17)18-2/h3-7,10H,8H2,1-2H3. The number of ether oxygens (including phenoxy) is 1. The summed E-state index contributed by atoms with van der Waals surface area (Å²) in [5.74, 6) is 0.394. The highest BCUT2D eigenvalue weighted by Gasteiger charge is 2.27. The summed E-state index contributed by atoms with van der Waals surface area (Å²) in [5, 5.41) is 2.10. The summed E-state index contributed by atoms with van der Waals surface area (Å²) >= 11 is 1.61. The van der Waals surface area contributed by atoms with Crippen LogP contribution in [-0.4, -0.2) is 34.5 Å². The minimum Gasteiger partial charge on any atom is -0.467 e. The molecule has 0 fully saturated rings. The van der Waals surface area contributed by atoms with E-state index in [4.69, 9.17) is 4.74 Å². The van der Waals surface area contributed by atoms with E-state index in [0.29, 0.717) is 5.75 Å². The van der Waals surface area contributed by atoms with Crippen LogP contribution in [-0.2, 0) is 16.6 Å². The Morgan fingerprint density at radius 2 is 2.26 bits per heavy atom. The van der Waals surface area contributed by atoms with Crippen LogP contribution in [0.1, 0.15) is 5.69 Å². The van der Waals surface area contributed by atoms with Crippen molar-refractivity contribution >= 4 is 33.7 Å². The number of aromatic nitrogens is 1. The predicted molar refractivity (Wildman–Crippen MR) is 77.7 cm³/mol. The number of aryl methyl sites for hydroxylation is 1. The number of rotatable bonds is 2. The lowest BCUT2D eigenvalue weighted by molar-refractivity contribution is -0.141. The molecule has 1 aliphatic rings. The van der Waals surface area contributed by atoms with Crippen LogP contribution >= 0.6 is 11.8 Å². The summed E-state index contributed by atoms with van der Waals surface area (Å²) in [6, 6.07) is 9.94. The first kappa shape index (κ1) is 12.3. The Morgan fingerprint density at radius 3 is 3.00 bits per heavy atom. The summed E-state index contributed by atoms with van der Waals surface area (Å²) in [6.45, 7) is 0. The molecule has 19 heavy (non-hydrogen) atoms. The summed E-state index contributed by atoms with van der Waals surface area (Å²) in [6.07, 6.45) is 0. The van der Waals surface area contributed by atoms with Gasteiger partial charge in [-0.1, -0.05) is 18.2 Å². The average Bonchev–Trinajstić information content (AvgIpc) is 3.04. The molecule has 0 saturated heterocycles. The monoisotopic (exact) mass is 274 g/mol. The molecule has 1 aromatic carbocycles. The zero-order valence-corrected chi connectivity index (χ0v) is 11.6. The van der Waals surface area contributed by atoms with Crippen LogP contribution < -0.4 is 0 Å². The molecule has 0 radical (unpaired) electrons. The molecule has 0 bridgehead atoms. The van der Waals surface area contributed by atoms with Crippen molar-refractivity contribution in [2.45, 2.75) is 6.04 Å². The number of hydrogen-bond donors (Lipinski definition) is 0. The molecular weight excluding hydrogens is 260 g/mol. The van der Waals surface area contributed by atoms with Crippen molar-refractivity contribution < 1.29 is 9.53 Å². The van der Waals surface area contributed by atoms with Crippen molar-refractivity contribution in [1.29, 1.82) is 0 Å². The summed E-state index contributed by atoms with van der Waals surface area (Å²) in [5.41, 5.74) is 2.22. The third-order valence-electron chi connectivity index (χ3n) is 3.30. The van der Waals surface area contributed by atoms with E-state index in [2.05, 4.69) is 27.8 Å². The fourth-order valence-corrected chi connectivity index (χ4v) is 3.34. The van der Waals surface area contributed by atoms with Gasteiger partial charge in [0.1, 0.15) is 5.04 Å². The first-order valence-electron chi connectivity index (χ1n) is 6.04. The smallest absolute Gasteiger partial charge is 0.331 e. The maximum Gasteiger partial charge on any atom is 0.331 e. The van der Waals surface area contributed by atoms with Gasteiger partial charge in [0.15, 0.2) is 6.04 Å². The molecule has 2 heterocycles. The average molecular weight is 274 g/mol. The second kappa shape index (κ2) is 4.74. The third kappa shape index (κ3) is 2.04. The number of fused-ring (bicyclic) bond motifs is 1. The van der Waals surface area contributed by atoms with Gasteiger partial charge in [-0.25, -0.2) is 4.79 Å². The second-order valence-corrected chi connectivity index (χ2v) is 5.44. The molecule has 2 aromatic rings. The lowest BCUT2D eigenvalue weighted by Crippen LogP contribution is -2.19. The zero-order valence-electron chi connectivity index (χ0n) is 10.8. The van der Waals surface area contributed by atoms with Crippen molar-refractivity contribution in [2.75, 3.05) is 12.9 Å². The Balaban J connectivity index is 2.01. The molecule has 1 unspecified atom stereocenters. The number of esters is 1. The lowest BCUT2D eigenvalue weighted by Gasteiger charge is -2.02. The van der Waals surface area contributed by atoms with Crippen molar-refractivity contribution in [3.8, 4) is 0 Å². The SMILES string of the molecule is COC(=O)C1CSC(c2cc3ccccc3n2C)=N1. The molecule has 4 nitrogen and oxygen atoms in total. The van der Waals surface area contributed by atoms with Crippen LogP contribution in [0.5, 0.6) is 0 Å². The Labute approximate surface area is 115 Å². The Bertz CT molecular complexity index is 675. The molecule has 0 saturated carbocycles. The van der Waals surface area contributed by atoms with E-state index in [0.717, 1.165) is 10.7 Å². The summed E-state index contributed by atoms with van der Waals surface area (Å²) in [4.78, 5) is 16.0. The molecule has 0 spiro atoms. The molecule has 1 aliphatic heterocycles. The zero-order chi connectivity index (χ0) is 13.4. The van der Waals surface area contributed by atoms with Gasteiger partial charge in [-0.3, -0.25) is 4.99 Å². The van der Waals surface area contributed by atoms with Crippen molar-refractivity contribution in [3.05, 3.63) is 36.0 Å². The van der Waals surface area contributed by atoms with Crippen LogP contribution in [0.25, 0.3) is 10.9 Å². The number of hydrogen-bond acceptors (Lipinski definition) is 4. The van der Waals surface area contributed by atoms with Crippen molar-refractivity contribution in [3.63, 3.8) is 0 Å². The fraction of sp³-hybridized carbons (Fsp3) is 0.286. The number of aliphatic imine (C=N–C) groups is 1. The normalized spacial score (nSPS) is 18.6. The van der Waals surface area contributed by atoms with E-state index in [1.807, 2.05) is 19.2 Å². The van der Waals surface area contributed by atoms with E-state index < -0.39 is 0 Å². The molecule has 98 valence electrons. The minimum atomic E-state index is -0.372. The van der Waals surface area contributed by atoms with Gasteiger partial charge in [-0.2, -0.15) is 0 Å². The van der Waals surface area contributed by atoms with Crippen LogP contribution in [0.15, 0.2) is 35.3 Å². The number of para-hydroxylation sites is 1. The van der Waals surface area contributed by atoms with E-state index in [-0.39, 0.29) is 12.0 Å².